The van der Waals surface area contributed by atoms with E-state index in [4.69, 9.17) is 4.74 Å². The van der Waals surface area contributed by atoms with E-state index in [0.29, 0.717) is 6.54 Å². The molecule has 1 amide bonds. The van der Waals surface area contributed by atoms with Crippen LogP contribution in [0, 0.1) is 16.7 Å². The summed E-state index contributed by atoms with van der Waals surface area (Å²) in [4.78, 5) is 16.4. The molecule has 0 aromatic carbocycles. The highest BCUT2D eigenvalue weighted by Crippen LogP contribution is 2.68. The highest BCUT2D eigenvalue weighted by Gasteiger charge is 2.68. The van der Waals surface area contributed by atoms with Gasteiger partial charge in [0, 0.05) is 12.5 Å². The normalized spacial score (nSPS) is 30.3. The van der Waals surface area contributed by atoms with Crippen molar-refractivity contribution in [2.45, 2.75) is 52.7 Å². The summed E-state index contributed by atoms with van der Waals surface area (Å²) in [6.45, 7) is 9.20. The van der Waals surface area contributed by atoms with Crippen LogP contribution in [0.5, 0.6) is 0 Å². The van der Waals surface area contributed by atoms with E-state index < -0.39 is 0 Å². The number of nitrogens with zero attached hydrogens (tertiary/aromatic N) is 2. The first-order valence-corrected chi connectivity index (χ1v) is 7.62. The Morgan fingerprint density at radius 2 is 2.10 bits per heavy atom. The Balaban J connectivity index is 1.48. The molecule has 1 aromatic rings. The molecule has 0 radical (unpaired) electrons. The van der Waals surface area contributed by atoms with Crippen LogP contribution in [0.25, 0.3) is 0 Å². The minimum atomic E-state index is -0.0248. The Morgan fingerprint density at radius 1 is 1.38 bits per heavy atom. The van der Waals surface area contributed by atoms with Gasteiger partial charge < -0.3 is 10.1 Å². The highest BCUT2D eigenvalue weighted by atomic mass is 16.5. The van der Waals surface area contributed by atoms with Gasteiger partial charge in [-0.3, -0.25) is 9.89 Å². The summed E-state index contributed by atoms with van der Waals surface area (Å²) in [6.07, 6.45) is 3.38. The van der Waals surface area contributed by atoms with Gasteiger partial charge in [-0.2, -0.15) is 5.10 Å². The van der Waals surface area contributed by atoms with E-state index in [-0.39, 0.29) is 34.9 Å². The third kappa shape index (κ3) is 2.35. The molecule has 0 unspecified atom stereocenters. The molecule has 6 nitrogen and oxygen atoms in total. The van der Waals surface area contributed by atoms with Crippen molar-refractivity contribution in [1.29, 1.82) is 0 Å². The number of carbonyl (C=O) groups is 1. The second-order valence-corrected chi connectivity index (χ2v) is 7.32. The van der Waals surface area contributed by atoms with Gasteiger partial charge in [0.2, 0.25) is 5.91 Å². The van der Waals surface area contributed by atoms with Gasteiger partial charge in [0.15, 0.2) is 5.82 Å². The first-order valence-electron chi connectivity index (χ1n) is 7.62. The number of carbonyl (C=O) groups excluding carboxylic acids is 1. The summed E-state index contributed by atoms with van der Waals surface area (Å²) < 4.78 is 5.91. The summed E-state index contributed by atoms with van der Waals surface area (Å²) in [5, 5.41) is 9.74. The average molecular weight is 292 g/mol. The molecule has 2 N–H and O–H groups in total. The maximum Gasteiger partial charge on any atom is 0.224 e. The summed E-state index contributed by atoms with van der Waals surface area (Å²) >= 11 is 0. The summed E-state index contributed by atoms with van der Waals surface area (Å²) in [7, 11) is 0. The van der Waals surface area contributed by atoms with Crippen LogP contribution in [0.3, 0.4) is 0 Å². The van der Waals surface area contributed by atoms with Gasteiger partial charge in [0.25, 0.3) is 0 Å². The molecule has 1 aliphatic carbocycles. The molecule has 3 rings (SSSR count). The van der Waals surface area contributed by atoms with Gasteiger partial charge in [0.05, 0.1) is 6.10 Å². The van der Waals surface area contributed by atoms with Gasteiger partial charge in [-0.25, -0.2) is 4.98 Å². The fourth-order valence-electron chi connectivity index (χ4n) is 3.60. The predicted molar refractivity (Wildman–Crippen MR) is 77.3 cm³/mol. The third-order valence-corrected chi connectivity index (χ3v) is 5.63. The first kappa shape index (κ1) is 14.5. The second-order valence-electron chi connectivity index (χ2n) is 7.32. The molecule has 2 heterocycles. The molecule has 116 valence electrons. The molecule has 1 saturated carbocycles. The van der Waals surface area contributed by atoms with E-state index in [1.807, 2.05) is 0 Å². The lowest BCUT2D eigenvalue weighted by atomic mass is 10.0. The molecule has 6 heteroatoms. The van der Waals surface area contributed by atoms with Crippen molar-refractivity contribution in [3.8, 4) is 0 Å². The zero-order valence-electron chi connectivity index (χ0n) is 13.1. The summed E-state index contributed by atoms with van der Waals surface area (Å²) in [5.41, 5.74) is 0.159. The quantitative estimate of drug-likeness (QED) is 0.887. The van der Waals surface area contributed by atoms with Crippen molar-refractivity contribution in [3.05, 3.63) is 12.2 Å². The number of H-pyrrole nitrogens is 1. The van der Waals surface area contributed by atoms with Crippen molar-refractivity contribution in [2.75, 3.05) is 6.54 Å². The topological polar surface area (TPSA) is 79.9 Å². The molecule has 1 saturated heterocycles. The molecule has 21 heavy (non-hydrogen) atoms. The summed E-state index contributed by atoms with van der Waals surface area (Å²) in [5.74, 6) is 1.02. The molecular weight excluding hydrogens is 268 g/mol. The fourth-order valence-corrected chi connectivity index (χ4v) is 3.60. The zero-order valence-corrected chi connectivity index (χ0v) is 13.1. The second kappa shape index (κ2) is 4.80. The lowest BCUT2D eigenvalue weighted by Crippen LogP contribution is -2.34. The molecule has 2 atom stereocenters. The maximum atomic E-state index is 12.3. The predicted octanol–water partition coefficient (Wildman–Crippen LogP) is 1.82. The van der Waals surface area contributed by atoms with Crippen molar-refractivity contribution in [3.63, 3.8) is 0 Å². The van der Waals surface area contributed by atoms with Crippen molar-refractivity contribution in [2.24, 2.45) is 16.7 Å². The lowest BCUT2D eigenvalue weighted by Gasteiger charge is -2.13. The van der Waals surface area contributed by atoms with E-state index in [0.717, 1.165) is 18.7 Å². The van der Waals surface area contributed by atoms with Crippen molar-refractivity contribution >= 4 is 5.91 Å². The Bertz CT molecular complexity index is 510. The molecule has 2 aliphatic rings. The van der Waals surface area contributed by atoms with E-state index in [1.165, 1.54) is 6.33 Å². The number of nitrogens with one attached hydrogen (secondary N) is 2. The van der Waals surface area contributed by atoms with Gasteiger partial charge in [-0.05, 0) is 23.7 Å². The minimum absolute atomic E-state index is 0.0248. The molecule has 2 fully saturated rings. The highest BCUT2D eigenvalue weighted by molar-refractivity contribution is 5.84. The SMILES string of the molecule is CC1(C)C(C(=O)NC[C@H]2CC[C@@H](c3ncn[nH]3)O2)C1(C)C. The number of rotatable bonds is 4. The average Bonchev–Trinajstić information content (AvgIpc) is 2.94. The number of aromatic amines is 1. The Morgan fingerprint density at radius 3 is 2.67 bits per heavy atom. The summed E-state index contributed by atoms with van der Waals surface area (Å²) in [6, 6.07) is 0. The van der Waals surface area contributed by atoms with Crippen LogP contribution in [-0.4, -0.2) is 33.7 Å². The molecule has 1 aliphatic heterocycles. The molecule has 0 bridgehead atoms. The Hall–Kier alpha value is -1.43. The van der Waals surface area contributed by atoms with Gasteiger partial charge in [-0.1, -0.05) is 27.7 Å². The van der Waals surface area contributed by atoms with E-state index >= 15 is 0 Å². The number of aromatic nitrogens is 3. The minimum Gasteiger partial charge on any atom is -0.365 e. The van der Waals surface area contributed by atoms with E-state index in [1.54, 1.807) is 0 Å². The number of hydrogen-bond donors (Lipinski definition) is 2. The zero-order chi connectivity index (χ0) is 15.3. The number of ether oxygens (including phenoxy) is 1. The molecule has 0 spiro atoms. The van der Waals surface area contributed by atoms with Crippen LogP contribution >= 0.6 is 0 Å². The number of hydrogen-bond acceptors (Lipinski definition) is 4. The van der Waals surface area contributed by atoms with E-state index in [9.17, 15) is 4.79 Å². The number of amides is 1. The first-order chi connectivity index (χ1) is 9.84. The van der Waals surface area contributed by atoms with Crippen LogP contribution in [-0.2, 0) is 9.53 Å². The monoisotopic (exact) mass is 292 g/mol. The van der Waals surface area contributed by atoms with Crippen LogP contribution in [0.4, 0.5) is 0 Å². The Kier molecular flexibility index (Phi) is 3.31. The van der Waals surface area contributed by atoms with Gasteiger partial charge in [-0.15, -0.1) is 0 Å². The van der Waals surface area contributed by atoms with Crippen LogP contribution in [0.1, 0.15) is 52.5 Å². The smallest absolute Gasteiger partial charge is 0.224 e. The standard InChI is InChI=1S/C15H24N4O2/c1-14(2)11(15(14,3)4)13(20)16-7-9-5-6-10(21-9)12-17-8-18-19-12/h8-11H,5-7H2,1-4H3,(H,16,20)(H,17,18,19)/t9-,10+/m1/s1. The third-order valence-electron chi connectivity index (χ3n) is 5.63. The van der Waals surface area contributed by atoms with Crippen molar-refractivity contribution in [1.82, 2.24) is 20.5 Å². The lowest BCUT2D eigenvalue weighted by molar-refractivity contribution is -0.124. The molecule has 1 aromatic heterocycles. The van der Waals surface area contributed by atoms with Crippen molar-refractivity contribution < 1.29 is 9.53 Å². The van der Waals surface area contributed by atoms with Gasteiger partial charge >= 0.3 is 0 Å². The van der Waals surface area contributed by atoms with Crippen LogP contribution < -0.4 is 5.32 Å². The largest absolute Gasteiger partial charge is 0.365 e. The molecular formula is C15H24N4O2. The Labute approximate surface area is 125 Å². The fraction of sp³-hybridized carbons (Fsp3) is 0.800. The van der Waals surface area contributed by atoms with Crippen LogP contribution in [0.15, 0.2) is 6.33 Å². The van der Waals surface area contributed by atoms with E-state index in [2.05, 4.69) is 48.2 Å². The van der Waals surface area contributed by atoms with Crippen LogP contribution in [0.2, 0.25) is 0 Å². The van der Waals surface area contributed by atoms with Gasteiger partial charge in [0.1, 0.15) is 12.4 Å². The maximum absolute atomic E-state index is 12.3.